The number of aliphatic hydroxyl groups excluding tert-OH is 1. The number of aromatic nitrogens is 3. The summed E-state index contributed by atoms with van der Waals surface area (Å²) in [7, 11) is 0. The van der Waals surface area contributed by atoms with Gasteiger partial charge in [0.25, 0.3) is 0 Å². The van der Waals surface area contributed by atoms with Gasteiger partial charge in [-0.1, -0.05) is 41.6 Å². The van der Waals surface area contributed by atoms with Gasteiger partial charge in [-0.15, -0.1) is 10.2 Å². The van der Waals surface area contributed by atoms with Gasteiger partial charge in [0.15, 0.2) is 11.0 Å². The highest BCUT2D eigenvalue weighted by Gasteiger charge is 2.21. The van der Waals surface area contributed by atoms with E-state index in [9.17, 15) is 0 Å². The summed E-state index contributed by atoms with van der Waals surface area (Å²) in [4.78, 5) is 2.18. The first-order valence-corrected chi connectivity index (χ1v) is 7.23. The van der Waals surface area contributed by atoms with Gasteiger partial charge in [-0.05, 0) is 6.92 Å². The van der Waals surface area contributed by atoms with Crippen LogP contribution >= 0.6 is 11.8 Å². The Bertz CT molecular complexity index is 567. The number of nitrogens with zero attached hydrogens (tertiary/aromatic N) is 4. The summed E-state index contributed by atoms with van der Waals surface area (Å²) in [6.07, 6.45) is 0. The molecule has 2 aromatic rings. The molecule has 1 N–H and O–H groups in total. The van der Waals surface area contributed by atoms with Crippen molar-refractivity contribution < 1.29 is 5.11 Å². The third-order valence-electron chi connectivity index (χ3n) is 3.16. The Hall–Kier alpha value is -1.37. The molecule has 0 atom stereocenters. The number of aryl methyl sites for hydroxylation is 1. The smallest absolute Gasteiger partial charge is 0.193 e. The van der Waals surface area contributed by atoms with Crippen LogP contribution in [-0.4, -0.2) is 43.8 Å². The first-order valence-electron chi connectivity index (χ1n) is 6.24. The summed E-state index contributed by atoms with van der Waals surface area (Å²) >= 11 is 1.66. The zero-order valence-electron chi connectivity index (χ0n) is 10.8. The van der Waals surface area contributed by atoms with Crippen molar-refractivity contribution in [1.82, 2.24) is 19.7 Å². The molecule has 6 heteroatoms. The topological polar surface area (TPSA) is 54.2 Å². The summed E-state index contributed by atoms with van der Waals surface area (Å²) in [5.41, 5.74) is 2.31. The molecular weight excluding hydrogens is 260 g/mol. The molecule has 1 aromatic carbocycles. The molecule has 0 saturated heterocycles. The molecule has 100 valence electrons. The fourth-order valence-electron chi connectivity index (χ4n) is 2.11. The number of thioether (sulfide) groups is 1. The van der Waals surface area contributed by atoms with Crippen molar-refractivity contribution in [1.29, 1.82) is 0 Å². The molecule has 0 radical (unpaired) electrons. The summed E-state index contributed by atoms with van der Waals surface area (Å²) in [5.74, 6) is 1.75. The highest BCUT2D eigenvalue weighted by molar-refractivity contribution is 7.99. The van der Waals surface area contributed by atoms with Crippen LogP contribution in [0.5, 0.6) is 0 Å². The van der Waals surface area contributed by atoms with Gasteiger partial charge in [-0.2, -0.15) is 0 Å². The number of benzene rings is 1. The van der Waals surface area contributed by atoms with Crippen LogP contribution in [0.4, 0.5) is 0 Å². The second-order valence-corrected chi connectivity index (χ2v) is 5.55. The standard InChI is InChI=1S/C13H16N4OS/c1-10-2-4-11(5-3-10)12-14-15-13-17(12)8-16(6-7-18)9-19-13/h2-5,18H,6-9H2,1H3. The van der Waals surface area contributed by atoms with Gasteiger partial charge in [-0.3, -0.25) is 9.47 Å². The Labute approximate surface area is 116 Å². The third kappa shape index (κ3) is 2.51. The first kappa shape index (κ1) is 12.7. The summed E-state index contributed by atoms with van der Waals surface area (Å²) < 4.78 is 2.11. The molecule has 0 saturated carbocycles. The average molecular weight is 276 g/mol. The predicted octanol–water partition coefficient (Wildman–Crippen LogP) is 1.57. The fourth-order valence-corrected chi connectivity index (χ4v) is 3.01. The largest absolute Gasteiger partial charge is 0.395 e. The van der Waals surface area contributed by atoms with Crippen molar-refractivity contribution in [3.63, 3.8) is 0 Å². The Morgan fingerprint density at radius 2 is 2.05 bits per heavy atom. The van der Waals surface area contributed by atoms with E-state index in [0.717, 1.165) is 29.1 Å². The van der Waals surface area contributed by atoms with E-state index in [0.29, 0.717) is 6.54 Å². The van der Waals surface area contributed by atoms with E-state index in [-0.39, 0.29) is 6.61 Å². The van der Waals surface area contributed by atoms with Gasteiger partial charge in [-0.25, -0.2) is 0 Å². The molecular formula is C13H16N4OS. The highest BCUT2D eigenvalue weighted by Crippen LogP contribution is 2.28. The lowest BCUT2D eigenvalue weighted by molar-refractivity contribution is 0.178. The van der Waals surface area contributed by atoms with E-state index in [1.165, 1.54) is 5.56 Å². The van der Waals surface area contributed by atoms with Crippen molar-refractivity contribution in [3.05, 3.63) is 29.8 Å². The van der Waals surface area contributed by atoms with Gasteiger partial charge in [0.2, 0.25) is 0 Å². The highest BCUT2D eigenvalue weighted by atomic mass is 32.2. The maximum absolute atomic E-state index is 9.04. The van der Waals surface area contributed by atoms with Gasteiger partial charge in [0.1, 0.15) is 0 Å². The molecule has 0 bridgehead atoms. The predicted molar refractivity (Wildman–Crippen MR) is 74.7 cm³/mol. The molecule has 1 aromatic heterocycles. The Kier molecular flexibility index (Phi) is 3.54. The third-order valence-corrected chi connectivity index (χ3v) is 4.21. The normalized spacial score (nSPS) is 15.5. The molecule has 2 heterocycles. The number of hydrogen-bond donors (Lipinski definition) is 1. The molecule has 3 rings (SSSR count). The Balaban J connectivity index is 1.92. The Morgan fingerprint density at radius 1 is 1.26 bits per heavy atom. The minimum absolute atomic E-state index is 0.178. The van der Waals surface area contributed by atoms with Crippen molar-refractivity contribution in [3.8, 4) is 11.4 Å². The Morgan fingerprint density at radius 3 is 2.79 bits per heavy atom. The van der Waals surface area contributed by atoms with Crippen LogP contribution in [-0.2, 0) is 6.67 Å². The van der Waals surface area contributed by atoms with E-state index in [1.54, 1.807) is 11.8 Å². The van der Waals surface area contributed by atoms with Crippen LogP contribution in [0, 0.1) is 6.92 Å². The average Bonchev–Trinajstić information content (AvgIpc) is 2.83. The number of fused-ring (bicyclic) bond motifs is 1. The number of β-amino-alcohol motifs (C(OH)–C–C–N with tert-alkyl or cyclic N) is 1. The lowest BCUT2D eigenvalue weighted by atomic mass is 10.1. The van der Waals surface area contributed by atoms with E-state index in [4.69, 9.17) is 5.11 Å². The van der Waals surface area contributed by atoms with Crippen LogP contribution in [0.15, 0.2) is 29.4 Å². The van der Waals surface area contributed by atoms with Crippen molar-refractivity contribution in [2.24, 2.45) is 0 Å². The molecule has 0 spiro atoms. The van der Waals surface area contributed by atoms with Crippen LogP contribution < -0.4 is 0 Å². The van der Waals surface area contributed by atoms with Gasteiger partial charge >= 0.3 is 0 Å². The lowest BCUT2D eigenvalue weighted by Crippen LogP contribution is -2.32. The van der Waals surface area contributed by atoms with Crippen LogP contribution in [0.3, 0.4) is 0 Å². The van der Waals surface area contributed by atoms with Crippen LogP contribution in [0.25, 0.3) is 11.4 Å². The number of rotatable bonds is 3. The van der Waals surface area contributed by atoms with Crippen molar-refractivity contribution >= 4 is 11.8 Å². The second kappa shape index (κ2) is 5.32. The molecule has 0 amide bonds. The van der Waals surface area contributed by atoms with E-state index < -0.39 is 0 Å². The molecule has 19 heavy (non-hydrogen) atoms. The van der Waals surface area contributed by atoms with Crippen LogP contribution in [0.2, 0.25) is 0 Å². The fraction of sp³-hybridized carbons (Fsp3) is 0.385. The summed E-state index contributed by atoms with van der Waals surface area (Å²) in [6, 6.07) is 8.31. The van der Waals surface area contributed by atoms with E-state index in [1.807, 2.05) is 0 Å². The van der Waals surface area contributed by atoms with Gasteiger partial charge < -0.3 is 5.11 Å². The maximum atomic E-state index is 9.04. The van der Waals surface area contributed by atoms with Gasteiger partial charge in [0.05, 0.1) is 19.2 Å². The monoisotopic (exact) mass is 276 g/mol. The minimum Gasteiger partial charge on any atom is -0.395 e. The molecule has 1 aliphatic rings. The maximum Gasteiger partial charge on any atom is 0.193 e. The first-order chi connectivity index (χ1) is 9.28. The molecule has 0 aliphatic carbocycles. The zero-order chi connectivity index (χ0) is 13.2. The molecule has 0 unspecified atom stereocenters. The molecule has 5 nitrogen and oxygen atoms in total. The van der Waals surface area contributed by atoms with Crippen LogP contribution in [0.1, 0.15) is 5.56 Å². The second-order valence-electron chi connectivity index (χ2n) is 4.63. The number of hydrogen-bond acceptors (Lipinski definition) is 5. The van der Waals surface area contributed by atoms with Crippen molar-refractivity contribution in [2.75, 3.05) is 19.0 Å². The quantitative estimate of drug-likeness (QED) is 0.922. The van der Waals surface area contributed by atoms with E-state index in [2.05, 4.69) is 50.9 Å². The van der Waals surface area contributed by atoms with Gasteiger partial charge in [0, 0.05) is 12.1 Å². The lowest BCUT2D eigenvalue weighted by Gasteiger charge is -2.26. The SMILES string of the molecule is Cc1ccc(-c2nnc3n2CN(CCO)CS3)cc1. The summed E-state index contributed by atoms with van der Waals surface area (Å²) in [5, 5.41) is 18.5. The molecule has 0 fully saturated rings. The number of aliphatic hydroxyl groups is 1. The van der Waals surface area contributed by atoms with E-state index >= 15 is 0 Å². The summed E-state index contributed by atoms with van der Waals surface area (Å²) in [6.45, 7) is 3.66. The zero-order valence-corrected chi connectivity index (χ0v) is 11.6. The molecule has 1 aliphatic heterocycles. The van der Waals surface area contributed by atoms with Crippen molar-refractivity contribution in [2.45, 2.75) is 18.7 Å². The minimum atomic E-state index is 0.178.